The second kappa shape index (κ2) is 9.23. The van der Waals surface area contributed by atoms with Gasteiger partial charge in [-0.15, -0.1) is 16.4 Å². The molecule has 2 aromatic carbocycles. The van der Waals surface area contributed by atoms with Crippen molar-refractivity contribution in [3.05, 3.63) is 69.9 Å². The first-order chi connectivity index (χ1) is 14.6. The fraction of sp³-hybridized carbons (Fsp3) is 0.200. The molecule has 0 unspecified atom stereocenters. The zero-order chi connectivity index (χ0) is 20.9. The van der Waals surface area contributed by atoms with E-state index in [1.807, 2.05) is 30.5 Å². The summed E-state index contributed by atoms with van der Waals surface area (Å²) in [5.74, 6) is 1.63. The zero-order valence-electron chi connectivity index (χ0n) is 16.3. The molecular weight excluding hydrogens is 425 g/mol. The van der Waals surface area contributed by atoms with Gasteiger partial charge < -0.3 is 9.47 Å². The van der Waals surface area contributed by atoms with E-state index in [2.05, 4.69) is 20.5 Å². The molecule has 4 rings (SSSR count). The Morgan fingerprint density at radius 1 is 1.17 bits per heavy atom. The number of aryl methyl sites for hydroxylation is 1. The van der Waals surface area contributed by atoms with E-state index in [1.165, 1.54) is 35.2 Å². The monoisotopic (exact) mass is 443 g/mol. The minimum absolute atomic E-state index is 0.290. The summed E-state index contributed by atoms with van der Waals surface area (Å²) in [7, 11) is 1.62. The fourth-order valence-electron chi connectivity index (χ4n) is 2.68. The van der Waals surface area contributed by atoms with Gasteiger partial charge in [0.2, 0.25) is 5.16 Å². The van der Waals surface area contributed by atoms with Crippen LogP contribution in [0.25, 0.3) is 5.69 Å². The summed E-state index contributed by atoms with van der Waals surface area (Å²) in [5, 5.41) is 15.5. The first kappa shape index (κ1) is 20.3. The molecule has 10 heteroatoms. The van der Waals surface area contributed by atoms with Crippen LogP contribution >= 0.6 is 23.1 Å². The fourth-order valence-corrected chi connectivity index (χ4v) is 4.27. The van der Waals surface area contributed by atoms with Crippen LogP contribution in [0, 0.1) is 12.7 Å². The highest BCUT2D eigenvalue weighted by Gasteiger charge is 2.14. The predicted molar refractivity (Wildman–Crippen MR) is 113 cm³/mol. The summed E-state index contributed by atoms with van der Waals surface area (Å²) in [6, 6.07) is 11.8. The number of ether oxygens (including phenoxy) is 2. The van der Waals surface area contributed by atoms with Gasteiger partial charge in [0.05, 0.1) is 12.8 Å². The predicted octanol–water partition coefficient (Wildman–Crippen LogP) is 4.45. The van der Waals surface area contributed by atoms with Crippen LogP contribution < -0.4 is 9.47 Å². The van der Waals surface area contributed by atoms with Gasteiger partial charge in [-0.2, -0.15) is 4.68 Å². The summed E-state index contributed by atoms with van der Waals surface area (Å²) in [4.78, 5) is 4.59. The van der Waals surface area contributed by atoms with E-state index in [0.29, 0.717) is 29.0 Å². The standard InChI is InChI=1S/C20H18FN5O2S2/c1-13-3-8-18(27-2)17(9-13)26-20(23-24-25-26)30-12-15-11-29-19(22-15)10-28-16-6-4-14(21)5-7-16/h3-9,11H,10,12H2,1-2H3. The number of aromatic nitrogens is 5. The van der Waals surface area contributed by atoms with E-state index in [1.54, 1.807) is 23.9 Å². The SMILES string of the molecule is COc1ccc(C)cc1-n1nnnc1SCc1csc(COc2ccc(F)cc2)n1. The molecule has 0 atom stereocenters. The van der Waals surface area contributed by atoms with E-state index in [4.69, 9.17) is 9.47 Å². The zero-order valence-corrected chi connectivity index (χ0v) is 17.9. The molecule has 0 radical (unpaired) electrons. The summed E-state index contributed by atoms with van der Waals surface area (Å²) in [5.41, 5.74) is 2.78. The van der Waals surface area contributed by atoms with Crippen molar-refractivity contribution in [1.29, 1.82) is 0 Å². The number of rotatable bonds is 8. The van der Waals surface area contributed by atoms with Gasteiger partial charge in [-0.3, -0.25) is 0 Å². The normalized spacial score (nSPS) is 10.9. The van der Waals surface area contributed by atoms with Crippen molar-refractivity contribution in [3.8, 4) is 17.2 Å². The van der Waals surface area contributed by atoms with E-state index >= 15 is 0 Å². The Balaban J connectivity index is 1.40. The smallest absolute Gasteiger partial charge is 0.214 e. The molecule has 30 heavy (non-hydrogen) atoms. The second-order valence-electron chi connectivity index (χ2n) is 6.31. The van der Waals surface area contributed by atoms with E-state index in [9.17, 15) is 4.39 Å². The molecule has 0 bridgehead atoms. The van der Waals surface area contributed by atoms with E-state index < -0.39 is 0 Å². The molecule has 2 aromatic heterocycles. The van der Waals surface area contributed by atoms with Crippen LogP contribution in [0.15, 0.2) is 53.0 Å². The third-order valence-corrected chi connectivity index (χ3v) is 5.95. The van der Waals surface area contributed by atoms with Crippen LogP contribution in [-0.4, -0.2) is 32.3 Å². The highest BCUT2D eigenvalue weighted by Crippen LogP contribution is 2.28. The number of thioether (sulfide) groups is 1. The maximum absolute atomic E-state index is 13.0. The Hall–Kier alpha value is -2.98. The quantitative estimate of drug-likeness (QED) is 0.373. The van der Waals surface area contributed by atoms with Gasteiger partial charge in [0.25, 0.3) is 0 Å². The van der Waals surface area contributed by atoms with Crippen LogP contribution in [0.4, 0.5) is 4.39 Å². The van der Waals surface area contributed by atoms with Crippen molar-refractivity contribution in [2.45, 2.75) is 24.4 Å². The lowest BCUT2D eigenvalue weighted by atomic mass is 10.2. The van der Waals surface area contributed by atoms with Crippen LogP contribution in [0.3, 0.4) is 0 Å². The Morgan fingerprint density at radius 2 is 2.00 bits per heavy atom. The average molecular weight is 444 g/mol. The minimum Gasteiger partial charge on any atom is -0.494 e. The summed E-state index contributed by atoms with van der Waals surface area (Å²) >= 11 is 3.00. The molecule has 0 amide bonds. The highest BCUT2D eigenvalue weighted by molar-refractivity contribution is 7.98. The molecule has 0 spiro atoms. The third-order valence-electron chi connectivity index (χ3n) is 4.13. The van der Waals surface area contributed by atoms with Crippen molar-refractivity contribution in [2.75, 3.05) is 7.11 Å². The van der Waals surface area contributed by atoms with Crippen LogP contribution in [0.2, 0.25) is 0 Å². The maximum Gasteiger partial charge on any atom is 0.214 e. The molecule has 0 aliphatic rings. The molecule has 154 valence electrons. The molecule has 0 saturated heterocycles. The van der Waals surface area contributed by atoms with Crippen LogP contribution in [-0.2, 0) is 12.4 Å². The highest BCUT2D eigenvalue weighted by atomic mass is 32.2. The Morgan fingerprint density at radius 3 is 2.80 bits per heavy atom. The lowest BCUT2D eigenvalue weighted by Crippen LogP contribution is -2.02. The van der Waals surface area contributed by atoms with Crippen LogP contribution in [0.1, 0.15) is 16.3 Å². The number of tetrazole rings is 1. The summed E-state index contributed by atoms with van der Waals surface area (Å²) in [6.45, 7) is 2.34. The molecular formula is C20H18FN5O2S2. The van der Waals surface area contributed by atoms with Crippen molar-refractivity contribution >= 4 is 23.1 Å². The van der Waals surface area contributed by atoms with Crippen molar-refractivity contribution < 1.29 is 13.9 Å². The van der Waals surface area contributed by atoms with Gasteiger partial charge in [-0.25, -0.2) is 9.37 Å². The van der Waals surface area contributed by atoms with E-state index in [-0.39, 0.29) is 5.82 Å². The van der Waals surface area contributed by atoms with Crippen LogP contribution in [0.5, 0.6) is 11.5 Å². The van der Waals surface area contributed by atoms with Gasteiger partial charge >= 0.3 is 0 Å². The Kier molecular flexibility index (Phi) is 6.24. The molecule has 0 aliphatic carbocycles. The first-order valence-corrected chi connectivity index (χ1v) is 10.9. The van der Waals surface area contributed by atoms with Gasteiger partial charge in [0.15, 0.2) is 0 Å². The van der Waals surface area contributed by atoms with Crippen molar-refractivity contribution in [2.24, 2.45) is 0 Å². The molecule has 0 fully saturated rings. The summed E-state index contributed by atoms with van der Waals surface area (Å²) in [6.07, 6.45) is 0. The molecule has 0 aliphatic heterocycles. The van der Waals surface area contributed by atoms with Crippen molar-refractivity contribution in [1.82, 2.24) is 25.2 Å². The number of hydrogen-bond acceptors (Lipinski definition) is 8. The second-order valence-corrected chi connectivity index (χ2v) is 8.20. The maximum atomic E-state index is 13.0. The van der Waals surface area contributed by atoms with Gasteiger partial charge in [0.1, 0.15) is 34.6 Å². The number of halogens is 1. The molecule has 2 heterocycles. The lowest BCUT2D eigenvalue weighted by molar-refractivity contribution is 0.305. The van der Waals surface area contributed by atoms with Gasteiger partial charge in [-0.05, 0) is 59.3 Å². The molecule has 0 N–H and O–H groups in total. The largest absolute Gasteiger partial charge is 0.494 e. The number of methoxy groups -OCH3 is 1. The number of hydrogen-bond donors (Lipinski definition) is 0. The molecule has 0 saturated carbocycles. The lowest BCUT2D eigenvalue weighted by Gasteiger charge is -2.10. The third kappa shape index (κ3) is 4.77. The number of thiazole rings is 1. The Labute approximate surface area is 180 Å². The van der Waals surface area contributed by atoms with Gasteiger partial charge in [-0.1, -0.05) is 17.8 Å². The van der Waals surface area contributed by atoms with Gasteiger partial charge in [0, 0.05) is 11.1 Å². The van der Waals surface area contributed by atoms with Crippen molar-refractivity contribution in [3.63, 3.8) is 0 Å². The topological polar surface area (TPSA) is 75.0 Å². The molecule has 7 nitrogen and oxygen atoms in total. The minimum atomic E-state index is -0.290. The molecule has 4 aromatic rings. The summed E-state index contributed by atoms with van der Waals surface area (Å²) < 4.78 is 25.7. The van der Waals surface area contributed by atoms with E-state index in [0.717, 1.165) is 22.0 Å². The number of nitrogens with zero attached hydrogens (tertiary/aromatic N) is 5. The average Bonchev–Trinajstić information content (AvgIpc) is 3.41. The Bertz CT molecular complexity index is 1130. The first-order valence-electron chi connectivity index (χ1n) is 9.00. The number of benzene rings is 2.